The zero-order valence-electron chi connectivity index (χ0n) is 21.6. The van der Waals surface area contributed by atoms with E-state index in [4.69, 9.17) is 17.0 Å². The van der Waals surface area contributed by atoms with Crippen molar-refractivity contribution in [2.24, 2.45) is 0 Å². The molecular weight excluding hydrogens is 522 g/mol. The van der Waals surface area contributed by atoms with Crippen molar-refractivity contribution in [3.63, 3.8) is 0 Å². The number of allylic oxidation sites excluding steroid dienone is 2. The van der Waals surface area contributed by atoms with Crippen LogP contribution >= 0.6 is 17.0 Å². The van der Waals surface area contributed by atoms with E-state index in [1.807, 2.05) is 0 Å². The Morgan fingerprint density at radius 3 is 1.36 bits per heavy atom. The Bertz CT molecular complexity index is 1180. The van der Waals surface area contributed by atoms with E-state index in [0.29, 0.717) is 0 Å². The van der Waals surface area contributed by atoms with Gasteiger partial charge in [-0.05, 0) is 0 Å². The van der Waals surface area contributed by atoms with Gasteiger partial charge < -0.3 is 0 Å². The average molecular weight is 561 g/mol. The summed E-state index contributed by atoms with van der Waals surface area (Å²) in [5.41, 5.74) is 10.6. The van der Waals surface area contributed by atoms with E-state index >= 15 is 0 Å². The first-order valence-corrected chi connectivity index (χ1v) is 22.7. The summed E-state index contributed by atoms with van der Waals surface area (Å²) in [6.07, 6.45) is 4.63. The van der Waals surface area contributed by atoms with Gasteiger partial charge >= 0.3 is 210 Å². The van der Waals surface area contributed by atoms with Gasteiger partial charge in [-0.1, -0.05) is 0 Å². The fourth-order valence-corrected chi connectivity index (χ4v) is 24.1. The van der Waals surface area contributed by atoms with Crippen molar-refractivity contribution in [2.45, 2.75) is 80.4 Å². The summed E-state index contributed by atoms with van der Waals surface area (Å²) in [6, 6.07) is 13.8. The second-order valence-corrected chi connectivity index (χ2v) is 33.8. The van der Waals surface area contributed by atoms with Crippen LogP contribution in [0.5, 0.6) is 0 Å². The van der Waals surface area contributed by atoms with Crippen molar-refractivity contribution in [3.8, 4) is 0 Å². The molecule has 4 rings (SSSR count). The first kappa shape index (κ1) is 25.3. The van der Waals surface area contributed by atoms with Crippen molar-refractivity contribution in [1.29, 1.82) is 0 Å². The monoisotopic (exact) mass is 558 g/mol. The predicted octanol–water partition coefficient (Wildman–Crippen LogP) is 9.72. The Morgan fingerprint density at radius 2 is 1.06 bits per heavy atom. The van der Waals surface area contributed by atoms with E-state index in [2.05, 4.69) is 115 Å². The van der Waals surface area contributed by atoms with Crippen LogP contribution in [0.3, 0.4) is 0 Å². The summed E-state index contributed by atoms with van der Waals surface area (Å²) in [7, 11) is 16.0. The Hall–Kier alpha value is -0.747. The Balaban J connectivity index is 1.96. The molecule has 2 atom stereocenters. The molecule has 2 aromatic rings. The first-order chi connectivity index (χ1) is 15.1. The molecule has 0 N–H and O–H groups in total. The van der Waals surface area contributed by atoms with Crippen LogP contribution in [-0.2, 0) is 26.7 Å². The van der Waals surface area contributed by atoms with Crippen LogP contribution in [0.15, 0.2) is 47.5 Å². The Kier molecular flexibility index (Phi) is 6.05. The van der Waals surface area contributed by atoms with Gasteiger partial charge in [0.15, 0.2) is 0 Å². The first-order valence-electron chi connectivity index (χ1n) is 12.1. The van der Waals surface area contributed by atoms with Crippen molar-refractivity contribution < 1.29 is 15.9 Å². The van der Waals surface area contributed by atoms with Gasteiger partial charge in [0, 0.05) is 0 Å². The van der Waals surface area contributed by atoms with Gasteiger partial charge in [-0.2, -0.15) is 0 Å². The standard InChI is InChI=1S/2C14H17.C2H4.2ClH.Zr/c2*1-10-7-11-5-6-13(14(2,3)4)9-12(11)8-10;1-2;;;/h2*5-9H,1-4H3;1H,2H3;2*1H;/q;;;;;+2/p-2. The minimum absolute atomic E-state index is 0.0767. The summed E-state index contributed by atoms with van der Waals surface area (Å²) in [6.45, 7) is 20.2. The Labute approximate surface area is 208 Å². The zero-order valence-corrected chi connectivity index (χ0v) is 25.6. The third-order valence-electron chi connectivity index (χ3n) is 7.86. The molecule has 3 heteroatoms. The number of rotatable bonds is 2. The zero-order chi connectivity index (χ0) is 24.6. The summed E-state index contributed by atoms with van der Waals surface area (Å²) < 4.78 is 2.41. The van der Waals surface area contributed by atoms with Gasteiger partial charge in [-0.25, -0.2) is 0 Å². The predicted molar refractivity (Wildman–Crippen MR) is 147 cm³/mol. The van der Waals surface area contributed by atoms with Crippen LogP contribution in [0.25, 0.3) is 12.2 Å². The SMILES string of the molecule is C[CH]=[Zr]([Cl])([Cl])([CH]1C(C)=Cc2ccc(C(C)(C)C)cc21)[CH]1C(C)=Cc2ccc(C(C)(C)C)cc21. The molecule has 0 amide bonds. The number of benzene rings is 2. The van der Waals surface area contributed by atoms with Crippen LogP contribution in [0.1, 0.15) is 103 Å². The molecule has 176 valence electrons. The van der Waals surface area contributed by atoms with Crippen LogP contribution in [0, 0.1) is 0 Å². The van der Waals surface area contributed by atoms with E-state index in [-0.39, 0.29) is 18.1 Å². The van der Waals surface area contributed by atoms with Crippen LogP contribution in [0.2, 0.25) is 0 Å². The van der Waals surface area contributed by atoms with Crippen molar-refractivity contribution in [1.82, 2.24) is 0 Å². The van der Waals surface area contributed by atoms with E-state index in [9.17, 15) is 0 Å². The molecule has 2 aromatic carbocycles. The molecule has 2 aliphatic rings. The van der Waals surface area contributed by atoms with Gasteiger partial charge in [0.05, 0.1) is 0 Å². The molecule has 2 unspecified atom stereocenters. The third-order valence-corrected chi connectivity index (χ3v) is 27.5. The topological polar surface area (TPSA) is 0 Å². The number of hydrogen-bond donors (Lipinski definition) is 0. The number of hydrogen-bond acceptors (Lipinski definition) is 0. The summed E-state index contributed by atoms with van der Waals surface area (Å²) in [4.78, 5) is 0. The summed E-state index contributed by atoms with van der Waals surface area (Å²) >= 11 is -4.65. The molecule has 0 nitrogen and oxygen atoms in total. The molecule has 0 radical (unpaired) electrons. The van der Waals surface area contributed by atoms with Gasteiger partial charge in [-0.3, -0.25) is 0 Å². The normalized spacial score (nSPS) is 20.8. The van der Waals surface area contributed by atoms with Crippen molar-refractivity contribution in [2.75, 3.05) is 0 Å². The summed E-state index contributed by atoms with van der Waals surface area (Å²) in [5, 5.41) is 0. The van der Waals surface area contributed by atoms with Gasteiger partial charge in [0.25, 0.3) is 0 Å². The average Bonchev–Trinajstić information content (AvgIpc) is 3.21. The maximum atomic E-state index is 8.01. The molecule has 0 saturated heterocycles. The maximum absolute atomic E-state index is 8.01. The van der Waals surface area contributed by atoms with Crippen molar-refractivity contribution >= 4 is 32.9 Å². The van der Waals surface area contributed by atoms with Gasteiger partial charge in [0.1, 0.15) is 0 Å². The molecule has 0 bridgehead atoms. The molecule has 0 heterocycles. The molecular formula is C30H38Cl2Zr. The molecule has 0 saturated carbocycles. The molecule has 0 aliphatic heterocycles. The van der Waals surface area contributed by atoms with Crippen LogP contribution in [0.4, 0.5) is 0 Å². The third kappa shape index (κ3) is 4.05. The molecule has 2 aliphatic carbocycles. The summed E-state index contributed by atoms with van der Waals surface area (Å²) in [5.74, 6) is 0. The van der Waals surface area contributed by atoms with Crippen molar-refractivity contribution in [3.05, 3.63) is 80.9 Å². The number of fused-ring (bicyclic) bond motifs is 2. The molecule has 33 heavy (non-hydrogen) atoms. The second-order valence-electron chi connectivity index (χ2n) is 12.3. The fourth-order valence-electron chi connectivity index (χ4n) is 5.96. The Morgan fingerprint density at radius 1 is 0.697 bits per heavy atom. The quantitative estimate of drug-likeness (QED) is 0.343. The molecule has 0 fully saturated rings. The van der Waals surface area contributed by atoms with E-state index in [1.165, 1.54) is 44.5 Å². The molecule has 0 aromatic heterocycles. The molecule has 0 spiro atoms. The minimum atomic E-state index is -4.65. The fraction of sp³-hybridized carbons (Fsp3) is 0.433. The van der Waals surface area contributed by atoms with Gasteiger partial charge in [-0.15, -0.1) is 0 Å². The van der Waals surface area contributed by atoms with E-state index < -0.39 is 15.9 Å². The van der Waals surface area contributed by atoms with Crippen LogP contribution in [-0.4, -0.2) is 3.71 Å². The van der Waals surface area contributed by atoms with E-state index in [0.717, 1.165) is 0 Å². The van der Waals surface area contributed by atoms with Crippen LogP contribution < -0.4 is 0 Å². The number of halogens is 2. The van der Waals surface area contributed by atoms with E-state index in [1.54, 1.807) is 0 Å². The van der Waals surface area contributed by atoms with Gasteiger partial charge in [0.2, 0.25) is 0 Å². The second kappa shape index (κ2) is 7.88.